The molecule has 0 aliphatic carbocycles. The Morgan fingerprint density at radius 2 is 1.08 bits per heavy atom. The average Bonchev–Trinajstić information content (AvgIpc) is 3.24. The SMILES string of the molecule is CCCCC/C=C\C/C=C\CCCCCCCC(=O)OCC1(COC(=O)CCC(OCCCCCCCC)OCCCCCCCC)CCN(C(=O)NCCN(C)C)CC1. The van der Waals surface area contributed by atoms with Crippen molar-refractivity contribution >= 4 is 18.0 Å². The van der Waals surface area contributed by atoms with Gasteiger partial charge in [0.1, 0.15) is 13.2 Å². The van der Waals surface area contributed by atoms with Gasteiger partial charge in [0.05, 0.1) is 6.42 Å². The van der Waals surface area contributed by atoms with Crippen LogP contribution in [0.15, 0.2) is 24.3 Å². The molecular formula is C50H93N3O7. The smallest absolute Gasteiger partial charge is 0.317 e. The van der Waals surface area contributed by atoms with Crippen molar-refractivity contribution < 1.29 is 33.3 Å². The summed E-state index contributed by atoms with van der Waals surface area (Å²) in [5, 5.41) is 3.00. The van der Waals surface area contributed by atoms with Gasteiger partial charge in [0, 0.05) is 57.6 Å². The lowest BCUT2D eigenvalue weighted by atomic mass is 9.80. The van der Waals surface area contributed by atoms with Crippen molar-refractivity contribution in [3.8, 4) is 0 Å². The van der Waals surface area contributed by atoms with Gasteiger partial charge in [-0.2, -0.15) is 0 Å². The zero-order valence-electron chi connectivity index (χ0n) is 39.6. The molecule has 1 heterocycles. The predicted octanol–water partition coefficient (Wildman–Crippen LogP) is 12.1. The summed E-state index contributed by atoms with van der Waals surface area (Å²) < 4.78 is 24.1. The van der Waals surface area contributed by atoms with Crippen LogP contribution in [0.3, 0.4) is 0 Å². The number of likely N-dealkylation sites (N-methyl/N-ethyl adjacent to an activating group) is 1. The number of nitrogens with one attached hydrogen (secondary N) is 1. The fraction of sp³-hybridized carbons (Fsp3) is 0.860. The van der Waals surface area contributed by atoms with Gasteiger partial charge in [0.2, 0.25) is 0 Å². The zero-order valence-corrected chi connectivity index (χ0v) is 39.6. The first-order valence-electron chi connectivity index (χ1n) is 24.8. The van der Waals surface area contributed by atoms with E-state index in [4.69, 9.17) is 18.9 Å². The van der Waals surface area contributed by atoms with Crippen LogP contribution in [0.5, 0.6) is 0 Å². The summed E-state index contributed by atoms with van der Waals surface area (Å²) in [7, 11) is 3.96. The van der Waals surface area contributed by atoms with Gasteiger partial charge >= 0.3 is 18.0 Å². The Bertz CT molecular complexity index is 1070. The molecular weight excluding hydrogens is 755 g/mol. The Labute approximate surface area is 368 Å². The Morgan fingerprint density at radius 3 is 1.63 bits per heavy atom. The number of urea groups is 1. The summed E-state index contributed by atoms with van der Waals surface area (Å²) in [6.45, 7) is 10.6. The number of hydrogen-bond donors (Lipinski definition) is 1. The van der Waals surface area contributed by atoms with E-state index in [1.165, 1.54) is 83.5 Å². The van der Waals surface area contributed by atoms with Crippen molar-refractivity contribution in [3.05, 3.63) is 24.3 Å². The predicted molar refractivity (Wildman–Crippen MR) is 248 cm³/mol. The molecule has 350 valence electrons. The molecule has 1 rings (SSSR count). The van der Waals surface area contributed by atoms with Gasteiger partial charge in [0.15, 0.2) is 6.29 Å². The van der Waals surface area contributed by atoms with E-state index in [0.717, 1.165) is 70.8 Å². The first kappa shape index (κ1) is 55.6. The Balaban J connectivity index is 2.61. The second kappa shape index (κ2) is 39.4. The molecule has 1 N–H and O–H groups in total. The molecule has 0 aromatic heterocycles. The number of likely N-dealkylation sites (tertiary alicyclic amines) is 1. The van der Waals surface area contributed by atoms with Gasteiger partial charge < -0.3 is 34.1 Å². The van der Waals surface area contributed by atoms with Gasteiger partial charge in [-0.3, -0.25) is 9.59 Å². The summed E-state index contributed by atoms with van der Waals surface area (Å²) in [6, 6.07) is -0.0891. The van der Waals surface area contributed by atoms with Crippen LogP contribution in [0.4, 0.5) is 4.79 Å². The molecule has 1 aliphatic heterocycles. The van der Waals surface area contributed by atoms with E-state index < -0.39 is 11.7 Å². The molecule has 1 fully saturated rings. The second-order valence-corrected chi connectivity index (χ2v) is 17.6. The van der Waals surface area contributed by atoms with Gasteiger partial charge in [-0.05, 0) is 78.3 Å². The van der Waals surface area contributed by atoms with Crippen molar-refractivity contribution in [1.29, 1.82) is 0 Å². The summed E-state index contributed by atoms with van der Waals surface area (Å²) in [5.74, 6) is -0.505. The Morgan fingerprint density at radius 1 is 0.617 bits per heavy atom. The molecule has 0 radical (unpaired) electrons. The van der Waals surface area contributed by atoms with E-state index >= 15 is 0 Å². The molecule has 2 amide bonds. The van der Waals surface area contributed by atoms with Crippen LogP contribution in [0.2, 0.25) is 0 Å². The van der Waals surface area contributed by atoms with Crippen LogP contribution in [0, 0.1) is 5.41 Å². The molecule has 0 aromatic rings. The summed E-state index contributed by atoms with van der Waals surface area (Å²) in [6.07, 6.45) is 37.6. The van der Waals surface area contributed by atoms with Gasteiger partial charge in [0.25, 0.3) is 0 Å². The largest absolute Gasteiger partial charge is 0.465 e. The number of carbonyl (C=O) groups excluding carboxylic acids is 3. The lowest BCUT2D eigenvalue weighted by molar-refractivity contribution is -0.164. The van der Waals surface area contributed by atoms with Crippen LogP contribution in [0.1, 0.15) is 201 Å². The molecule has 60 heavy (non-hydrogen) atoms. The number of nitrogens with zero attached hydrogens (tertiary/aromatic N) is 2. The number of carbonyl (C=O) groups is 3. The maximum Gasteiger partial charge on any atom is 0.317 e. The molecule has 0 spiro atoms. The maximum atomic E-state index is 13.2. The highest BCUT2D eigenvalue weighted by Crippen LogP contribution is 2.33. The van der Waals surface area contributed by atoms with Crippen molar-refractivity contribution in [3.63, 3.8) is 0 Å². The minimum absolute atomic E-state index is 0.0891. The van der Waals surface area contributed by atoms with Crippen molar-refractivity contribution in [1.82, 2.24) is 15.1 Å². The fourth-order valence-corrected chi connectivity index (χ4v) is 7.35. The van der Waals surface area contributed by atoms with Crippen molar-refractivity contribution in [2.45, 2.75) is 207 Å². The number of esters is 2. The summed E-state index contributed by atoms with van der Waals surface area (Å²) >= 11 is 0. The third-order valence-corrected chi connectivity index (χ3v) is 11.5. The third kappa shape index (κ3) is 32.3. The van der Waals surface area contributed by atoms with Crippen LogP contribution < -0.4 is 5.32 Å². The van der Waals surface area contributed by atoms with E-state index in [1.807, 2.05) is 23.9 Å². The van der Waals surface area contributed by atoms with E-state index in [2.05, 4.69) is 50.4 Å². The lowest BCUT2D eigenvalue weighted by Gasteiger charge is -2.40. The van der Waals surface area contributed by atoms with E-state index in [9.17, 15) is 14.4 Å². The summed E-state index contributed by atoms with van der Waals surface area (Å²) in [4.78, 5) is 42.9. The molecule has 0 aromatic carbocycles. The second-order valence-electron chi connectivity index (χ2n) is 17.6. The molecule has 0 bridgehead atoms. The quantitative estimate of drug-likeness (QED) is 0.0281. The van der Waals surface area contributed by atoms with Crippen LogP contribution in [-0.2, 0) is 28.5 Å². The zero-order chi connectivity index (χ0) is 43.8. The molecule has 0 unspecified atom stereocenters. The summed E-state index contributed by atoms with van der Waals surface area (Å²) in [5.41, 5.74) is -0.536. The van der Waals surface area contributed by atoms with Crippen LogP contribution in [-0.4, -0.2) is 101 Å². The van der Waals surface area contributed by atoms with E-state index in [0.29, 0.717) is 58.5 Å². The van der Waals surface area contributed by atoms with Gasteiger partial charge in [-0.15, -0.1) is 0 Å². The Kier molecular flexibility index (Phi) is 36.5. The number of amides is 2. The maximum absolute atomic E-state index is 13.2. The third-order valence-electron chi connectivity index (χ3n) is 11.5. The highest BCUT2D eigenvalue weighted by Gasteiger charge is 2.39. The van der Waals surface area contributed by atoms with E-state index in [-0.39, 0.29) is 37.6 Å². The monoisotopic (exact) mass is 848 g/mol. The highest BCUT2D eigenvalue weighted by molar-refractivity contribution is 5.74. The Hall–Kier alpha value is -2.43. The molecule has 10 nitrogen and oxygen atoms in total. The highest BCUT2D eigenvalue weighted by atomic mass is 16.7. The topological polar surface area (TPSA) is 107 Å². The number of hydrogen-bond acceptors (Lipinski definition) is 8. The number of rotatable bonds is 40. The normalized spacial score (nSPS) is 14.2. The standard InChI is InChI=1S/C50H93N3O7/c1-6-9-12-15-18-19-20-21-22-23-24-25-26-27-30-33-46(54)59-44-50(36-39-53(40-37-50)49(56)51-38-41-52(4)5)45-60-47(55)34-35-48(57-42-31-28-16-13-10-7-2)58-43-32-29-17-14-11-8-3/h18-19,21-22,48H,6-17,20,23-45H2,1-5H3,(H,51,56)/b19-18-,22-21-. The molecule has 0 saturated carbocycles. The first-order valence-corrected chi connectivity index (χ1v) is 24.8. The molecule has 1 saturated heterocycles. The van der Waals surface area contributed by atoms with Gasteiger partial charge in [-0.25, -0.2) is 4.79 Å². The minimum Gasteiger partial charge on any atom is -0.465 e. The minimum atomic E-state index is -0.536. The van der Waals surface area contributed by atoms with Gasteiger partial charge in [-0.1, -0.05) is 141 Å². The fourth-order valence-electron chi connectivity index (χ4n) is 7.35. The number of allylic oxidation sites excluding steroid dienone is 4. The van der Waals surface area contributed by atoms with Crippen LogP contribution in [0.25, 0.3) is 0 Å². The van der Waals surface area contributed by atoms with Crippen molar-refractivity contribution in [2.24, 2.45) is 5.41 Å². The molecule has 0 atom stereocenters. The first-order chi connectivity index (χ1) is 29.2. The molecule has 10 heteroatoms. The number of piperidine rings is 1. The van der Waals surface area contributed by atoms with Crippen LogP contribution >= 0.6 is 0 Å². The van der Waals surface area contributed by atoms with Crippen molar-refractivity contribution in [2.75, 3.05) is 66.7 Å². The lowest BCUT2D eigenvalue weighted by Crippen LogP contribution is -2.51. The van der Waals surface area contributed by atoms with E-state index in [1.54, 1.807) is 0 Å². The average molecular weight is 848 g/mol. The molecule has 1 aliphatic rings. The number of unbranched alkanes of at least 4 members (excludes halogenated alkanes) is 18. The number of ether oxygens (including phenoxy) is 4.